The van der Waals surface area contributed by atoms with E-state index in [1.807, 2.05) is 0 Å². The van der Waals surface area contributed by atoms with Crippen LogP contribution in [-0.4, -0.2) is 24.1 Å². The first kappa shape index (κ1) is 20.7. The number of hydrogen-bond donors (Lipinski definition) is 2. The highest BCUT2D eigenvalue weighted by Gasteiger charge is 2.37. The van der Waals surface area contributed by atoms with Crippen LogP contribution >= 0.6 is 0 Å². The second kappa shape index (κ2) is 7.43. The van der Waals surface area contributed by atoms with E-state index in [1.54, 1.807) is 29.0 Å². The molecule has 3 aromatic rings. The highest BCUT2D eigenvalue weighted by atomic mass is 32.2. The average molecular weight is 426 g/mol. The van der Waals surface area contributed by atoms with E-state index in [2.05, 4.69) is 4.72 Å². The molecule has 0 bridgehead atoms. The number of aliphatic carboxylic acids is 1. The maximum absolute atomic E-state index is 13.3. The Kier molecular flexibility index (Phi) is 5.31. The Morgan fingerprint density at radius 1 is 1.14 bits per heavy atom. The molecule has 0 saturated carbocycles. The molecule has 0 aliphatic heterocycles. The van der Waals surface area contributed by atoms with Gasteiger partial charge in [-0.2, -0.15) is 13.2 Å². The van der Waals surface area contributed by atoms with Crippen LogP contribution in [0.4, 0.5) is 18.9 Å². The molecule has 2 aromatic carbocycles. The van der Waals surface area contributed by atoms with Gasteiger partial charge in [0.25, 0.3) is 10.0 Å². The van der Waals surface area contributed by atoms with Crippen LogP contribution in [-0.2, 0) is 27.5 Å². The smallest absolute Gasteiger partial charge is 0.417 e. The molecule has 1 unspecified atom stereocenters. The van der Waals surface area contributed by atoms with Crippen molar-refractivity contribution in [2.45, 2.75) is 24.5 Å². The fourth-order valence-corrected chi connectivity index (χ4v) is 4.30. The number of carbonyl (C=O) groups is 1. The van der Waals surface area contributed by atoms with Crippen molar-refractivity contribution in [1.29, 1.82) is 0 Å². The molecule has 154 valence electrons. The Hall–Kier alpha value is -3.01. The number of halogens is 3. The summed E-state index contributed by atoms with van der Waals surface area (Å²) in [6.07, 6.45) is -3.24. The molecule has 10 heteroatoms. The Morgan fingerprint density at radius 2 is 1.83 bits per heavy atom. The Morgan fingerprint density at radius 3 is 2.48 bits per heavy atom. The third-order valence-electron chi connectivity index (χ3n) is 4.41. The zero-order valence-corrected chi connectivity index (χ0v) is 16.0. The number of sulfonamides is 1. The molecule has 1 heterocycles. The molecule has 0 fully saturated rings. The fourth-order valence-electron chi connectivity index (χ4n) is 3.00. The summed E-state index contributed by atoms with van der Waals surface area (Å²) in [6, 6.07) is 10.2. The number of carboxylic acids is 1. The number of aromatic nitrogens is 1. The summed E-state index contributed by atoms with van der Waals surface area (Å²) in [5, 5.41) is 9.75. The molecule has 0 spiro atoms. The largest absolute Gasteiger partial charge is 0.481 e. The van der Waals surface area contributed by atoms with Gasteiger partial charge < -0.3 is 9.67 Å². The summed E-state index contributed by atoms with van der Waals surface area (Å²) < 4.78 is 69.1. The molecule has 0 amide bonds. The molecule has 0 aliphatic carbocycles. The van der Waals surface area contributed by atoms with Crippen molar-refractivity contribution in [3.8, 4) is 0 Å². The van der Waals surface area contributed by atoms with Crippen LogP contribution in [0.2, 0.25) is 0 Å². The normalized spacial score (nSPS) is 13.4. The molecule has 3 rings (SSSR count). The van der Waals surface area contributed by atoms with Crippen LogP contribution in [0, 0.1) is 5.92 Å². The molecule has 0 aliphatic rings. The fraction of sp³-hybridized carbons (Fsp3) is 0.211. The van der Waals surface area contributed by atoms with Gasteiger partial charge in [-0.05, 0) is 24.3 Å². The van der Waals surface area contributed by atoms with E-state index in [9.17, 15) is 26.4 Å². The molecule has 29 heavy (non-hydrogen) atoms. The van der Waals surface area contributed by atoms with Gasteiger partial charge in [-0.15, -0.1) is 0 Å². The lowest BCUT2D eigenvalue weighted by molar-refractivity contribution is -0.141. The van der Waals surface area contributed by atoms with Crippen molar-refractivity contribution in [2.75, 3.05) is 4.72 Å². The Labute approximate surface area is 164 Å². The SMILES string of the molecule is CC(Cn1ccc2cccc(NS(=O)(=O)c3ccccc3C(F)(F)F)c21)C(=O)O. The second-order valence-electron chi connectivity index (χ2n) is 6.55. The summed E-state index contributed by atoms with van der Waals surface area (Å²) in [4.78, 5) is 10.3. The molecule has 2 N–H and O–H groups in total. The zero-order chi connectivity index (χ0) is 21.4. The summed E-state index contributed by atoms with van der Waals surface area (Å²) in [6.45, 7) is 1.57. The van der Waals surface area contributed by atoms with Gasteiger partial charge in [-0.25, -0.2) is 8.42 Å². The van der Waals surface area contributed by atoms with Crippen LogP contribution in [0.15, 0.2) is 59.6 Å². The van der Waals surface area contributed by atoms with Crippen LogP contribution in [0.25, 0.3) is 10.9 Å². The summed E-state index contributed by atoms with van der Waals surface area (Å²) in [5.74, 6) is -1.77. The van der Waals surface area contributed by atoms with E-state index < -0.39 is 38.5 Å². The van der Waals surface area contributed by atoms with Gasteiger partial charge in [-0.3, -0.25) is 9.52 Å². The van der Waals surface area contributed by atoms with E-state index in [0.717, 1.165) is 12.1 Å². The number of hydrogen-bond acceptors (Lipinski definition) is 3. The highest BCUT2D eigenvalue weighted by Crippen LogP contribution is 2.35. The molecule has 1 atom stereocenters. The van der Waals surface area contributed by atoms with Gasteiger partial charge in [0.2, 0.25) is 0 Å². The first-order valence-electron chi connectivity index (χ1n) is 8.50. The van der Waals surface area contributed by atoms with Crippen molar-refractivity contribution in [3.63, 3.8) is 0 Å². The number of nitrogens with one attached hydrogen (secondary N) is 1. The topological polar surface area (TPSA) is 88.4 Å². The maximum atomic E-state index is 13.3. The molecule has 0 saturated heterocycles. The second-order valence-corrected chi connectivity index (χ2v) is 8.20. The minimum Gasteiger partial charge on any atom is -0.481 e. The van der Waals surface area contributed by atoms with Crippen molar-refractivity contribution in [3.05, 3.63) is 60.3 Å². The standard InChI is InChI=1S/C19H17F3N2O4S/c1-12(18(25)26)11-24-10-9-13-5-4-7-15(17(13)24)23-29(27,28)16-8-3-2-6-14(16)19(20,21)22/h2-10,12,23H,11H2,1H3,(H,25,26). The van der Waals surface area contributed by atoms with Crippen molar-refractivity contribution in [2.24, 2.45) is 5.92 Å². The van der Waals surface area contributed by atoms with Crippen molar-refractivity contribution in [1.82, 2.24) is 4.57 Å². The lowest BCUT2D eigenvalue weighted by atomic mass is 10.2. The number of para-hydroxylation sites is 1. The monoisotopic (exact) mass is 426 g/mol. The highest BCUT2D eigenvalue weighted by molar-refractivity contribution is 7.92. The summed E-state index contributed by atoms with van der Waals surface area (Å²) in [5.41, 5.74) is -0.828. The third-order valence-corrected chi connectivity index (χ3v) is 5.83. The third kappa shape index (κ3) is 4.21. The molecular weight excluding hydrogens is 409 g/mol. The quantitative estimate of drug-likeness (QED) is 0.619. The predicted molar refractivity (Wildman–Crippen MR) is 101 cm³/mol. The van der Waals surface area contributed by atoms with E-state index in [1.165, 1.54) is 19.1 Å². The number of anilines is 1. The van der Waals surface area contributed by atoms with Crippen LogP contribution in [0.1, 0.15) is 12.5 Å². The number of nitrogens with zero attached hydrogens (tertiary/aromatic N) is 1. The lowest BCUT2D eigenvalue weighted by Gasteiger charge is -2.16. The minimum absolute atomic E-state index is 0.0575. The van der Waals surface area contributed by atoms with E-state index in [4.69, 9.17) is 5.11 Å². The van der Waals surface area contributed by atoms with Gasteiger partial charge >= 0.3 is 12.1 Å². The van der Waals surface area contributed by atoms with Gasteiger partial charge in [0, 0.05) is 18.1 Å². The molecular formula is C19H17F3N2O4S. The molecule has 0 radical (unpaired) electrons. The first-order valence-corrected chi connectivity index (χ1v) is 9.99. The number of fused-ring (bicyclic) bond motifs is 1. The molecule has 1 aromatic heterocycles. The van der Waals surface area contributed by atoms with Gasteiger partial charge in [0.05, 0.1) is 27.6 Å². The van der Waals surface area contributed by atoms with Crippen LogP contribution in [0.3, 0.4) is 0 Å². The Balaban J connectivity index is 2.07. The number of rotatable bonds is 6. The maximum Gasteiger partial charge on any atom is 0.417 e. The van der Waals surface area contributed by atoms with E-state index in [0.29, 0.717) is 17.0 Å². The van der Waals surface area contributed by atoms with Crippen molar-refractivity contribution >= 4 is 32.6 Å². The van der Waals surface area contributed by atoms with E-state index >= 15 is 0 Å². The predicted octanol–water partition coefficient (Wildman–Crippen LogP) is 4.18. The number of carboxylic acid groups (broad SMARTS) is 1. The van der Waals surface area contributed by atoms with Crippen LogP contribution in [0.5, 0.6) is 0 Å². The van der Waals surface area contributed by atoms with Crippen molar-refractivity contribution < 1.29 is 31.5 Å². The van der Waals surface area contributed by atoms with Gasteiger partial charge in [0.15, 0.2) is 0 Å². The Bertz CT molecular complexity index is 1170. The average Bonchev–Trinajstić information content (AvgIpc) is 3.04. The lowest BCUT2D eigenvalue weighted by Crippen LogP contribution is -2.20. The van der Waals surface area contributed by atoms with Gasteiger partial charge in [-0.1, -0.05) is 31.2 Å². The summed E-state index contributed by atoms with van der Waals surface area (Å²) in [7, 11) is -4.56. The number of benzene rings is 2. The first-order chi connectivity index (χ1) is 13.5. The zero-order valence-electron chi connectivity index (χ0n) is 15.1. The molecule has 6 nitrogen and oxygen atoms in total. The van der Waals surface area contributed by atoms with E-state index in [-0.39, 0.29) is 12.2 Å². The summed E-state index contributed by atoms with van der Waals surface area (Å²) >= 11 is 0. The van der Waals surface area contributed by atoms with Crippen LogP contribution < -0.4 is 4.72 Å². The minimum atomic E-state index is -4.84. The van der Waals surface area contributed by atoms with Gasteiger partial charge in [0.1, 0.15) is 0 Å². The number of alkyl halides is 3.